The molecule has 1 nitrogen and oxygen atoms in total. The lowest BCUT2D eigenvalue weighted by molar-refractivity contribution is 0.811. The van der Waals surface area contributed by atoms with Gasteiger partial charge in [0.1, 0.15) is 0 Å². The van der Waals surface area contributed by atoms with Crippen LogP contribution in [-0.2, 0) is 5.41 Å². The van der Waals surface area contributed by atoms with Crippen molar-refractivity contribution < 1.29 is 0 Å². The molecule has 2 N–H and O–H groups in total. The van der Waals surface area contributed by atoms with Crippen LogP contribution in [0.25, 0.3) is 62.0 Å². The van der Waals surface area contributed by atoms with E-state index < -0.39 is 5.41 Å². The Morgan fingerprint density at radius 1 is 0.636 bits per heavy atom. The molecule has 0 amide bonds. The molecule has 1 atom stereocenters. The second-order valence-corrected chi connectivity index (χ2v) is 15.6. The van der Waals surface area contributed by atoms with E-state index in [-0.39, 0.29) is 5.92 Å². The van der Waals surface area contributed by atoms with E-state index in [1.807, 2.05) is 35.6 Å². The third kappa shape index (κ3) is 4.92. The molecule has 1 unspecified atom stereocenters. The second kappa shape index (κ2) is 13.1. The van der Waals surface area contributed by atoms with Crippen molar-refractivity contribution in [2.24, 2.45) is 5.73 Å². The highest BCUT2D eigenvalue weighted by Gasteiger charge is 2.53. The molecule has 2 aliphatic rings. The second-order valence-electron chi connectivity index (χ2n) is 14.5. The highest BCUT2D eigenvalue weighted by atomic mass is 32.1. The van der Waals surface area contributed by atoms with Gasteiger partial charge in [0.2, 0.25) is 0 Å². The van der Waals surface area contributed by atoms with Gasteiger partial charge in [-0.2, -0.15) is 0 Å². The van der Waals surface area contributed by atoms with E-state index in [1.54, 1.807) is 0 Å². The Morgan fingerprint density at radius 2 is 1.25 bits per heavy atom. The number of hydrogen-bond acceptors (Lipinski definition) is 2. The van der Waals surface area contributed by atoms with Crippen LogP contribution < -0.4 is 5.73 Å². The third-order valence-corrected chi connectivity index (χ3v) is 13.0. The molecule has 8 aromatic rings. The number of hydrogen-bond donors (Lipinski definition) is 1. The number of nitrogens with two attached hydrogens (primary N) is 1. The van der Waals surface area contributed by atoms with E-state index in [9.17, 15) is 0 Å². The Hall–Kier alpha value is -6.48. The predicted molar refractivity (Wildman–Crippen MR) is 235 cm³/mol. The van der Waals surface area contributed by atoms with Crippen LogP contribution in [0.2, 0.25) is 0 Å². The molecule has 0 aliphatic heterocycles. The fourth-order valence-electron chi connectivity index (χ4n) is 9.42. The number of thiophene rings is 1. The number of fused-ring (bicyclic) bond motifs is 11. The molecule has 2 heteroatoms. The molecule has 10 rings (SSSR count). The van der Waals surface area contributed by atoms with Crippen LogP contribution in [-0.4, -0.2) is 0 Å². The molecule has 0 bridgehead atoms. The van der Waals surface area contributed by atoms with Crippen molar-refractivity contribution in [1.82, 2.24) is 0 Å². The highest BCUT2D eigenvalue weighted by molar-refractivity contribution is 7.14. The quantitative estimate of drug-likeness (QED) is 0.174. The monoisotopic (exact) mass is 721 g/mol. The Balaban J connectivity index is 1.24. The van der Waals surface area contributed by atoms with E-state index in [0.717, 1.165) is 11.3 Å². The molecule has 262 valence electrons. The first-order chi connectivity index (χ1) is 27.1. The maximum Gasteiger partial charge on any atom is 0.0819 e. The minimum Gasteiger partial charge on any atom is -0.398 e. The van der Waals surface area contributed by atoms with Gasteiger partial charge in [-0.25, -0.2) is 0 Å². The fraction of sp³-hybridized carbons (Fsp3) is 0.0566. The average molecular weight is 722 g/mol. The topological polar surface area (TPSA) is 26.0 Å². The van der Waals surface area contributed by atoms with Crippen molar-refractivity contribution >= 4 is 40.0 Å². The summed E-state index contributed by atoms with van der Waals surface area (Å²) in [7, 11) is 0. The van der Waals surface area contributed by atoms with Crippen LogP contribution >= 0.6 is 11.3 Å². The summed E-state index contributed by atoms with van der Waals surface area (Å²) in [5, 5.41) is 2.45. The van der Waals surface area contributed by atoms with Gasteiger partial charge >= 0.3 is 0 Å². The molecule has 0 saturated carbocycles. The van der Waals surface area contributed by atoms with Crippen LogP contribution in [0.1, 0.15) is 61.5 Å². The van der Waals surface area contributed by atoms with Gasteiger partial charge in [0, 0.05) is 32.5 Å². The largest absolute Gasteiger partial charge is 0.398 e. The summed E-state index contributed by atoms with van der Waals surface area (Å²) < 4.78 is 0. The smallest absolute Gasteiger partial charge is 0.0819 e. The zero-order chi connectivity index (χ0) is 37.1. The van der Waals surface area contributed by atoms with Crippen molar-refractivity contribution in [1.29, 1.82) is 0 Å². The van der Waals surface area contributed by atoms with E-state index in [0.29, 0.717) is 0 Å². The maximum atomic E-state index is 6.98. The van der Waals surface area contributed by atoms with Gasteiger partial charge < -0.3 is 5.73 Å². The summed E-state index contributed by atoms with van der Waals surface area (Å²) in [5.41, 5.74) is 23.7. The Bertz CT molecular complexity index is 2820. The first-order valence-corrected chi connectivity index (χ1v) is 19.8. The Kier molecular flexibility index (Phi) is 7.90. The van der Waals surface area contributed by atoms with Crippen LogP contribution in [0.4, 0.5) is 0 Å². The van der Waals surface area contributed by atoms with Gasteiger partial charge in [0.05, 0.1) is 5.41 Å². The fourth-order valence-corrected chi connectivity index (χ4v) is 10.8. The minimum absolute atomic E-state index is 0.0987. The molecule has 1 heterocycles. The molecular weight excluding hydrogens is 683 g/mol. The Labute approximate surface area is 327 Å². The maximum absolute atomic E-state index is 6.98. The summed E-state index contributed by atoms with van der Waals surface area (Å²) in [6.45, 7) is 6.41. The average Bonchev–Trinajstić information content (AvgIpc) is 3.86. The lowest BCUT2D eigenvalue weighted by atomic mass is 9.73. The zero-order valence-corrected chi connectivity index (χ0v) is 31.5. The molecule has 55 heavy (non-hydrogen) atoms. The van der Waals surface area contributed by atoms with Gasteiger partial charge in [-0.3, -0.25) is 0 Å². The van der Waals surface area contributed by atoms with Gasteiger partial charge in [0.25, 0.3) is 0 Å². The molecule has 2 aliphatic carbocycles. The predicted octanol–water partition coefficient (Wildman–Crippen LogP) is 13.7. The van der Waals surface area contributed by atoms with E-state index >= 15 is 0 Å². The van der Waals surface area contributed by atoms with Crippen LogP contribution in [0.15, 0.2) is 183 Å². The number of allylic oxidation sites excluding steroid dienone is 2. The summed E-state index contributed by atoms with van der Waals surface area (Å²) >= 11 is 1.89. The first-order valence-electron chi connectivity index (χ1n) is 19.0. The summed E-state index contributed by atoms with van der Waals surface area (Å²) in [6, 6.07) is 59.8. The molecular formula is C53H39NS. The van der Waals surface area contributed by atoms with E-state index in [4.69, 9.17) is 5.73 Å². The van der Waals surface area contributed by atoms with Crippen molar-refractivity contribution in [3.8, 4) is 33.4 Å². The highest BCUT2D eigenvalue weighted by Crippen LogP contribution is 2.66. The molecule has 1 spiro atoms. The lowest BCUT2D eigenvalue weighted by Gasteiger charge is -2.29. The standard InChI is InChI=1S/C53H39NS/c1-3-17-43-50(4-2)55-52-51(43)45-32-36(30-31-48(45)53(52)46-28-14-12-25-41(46)42-26-13-15-29-47(42)53)38-23-10-11-24-39(38)44(33-49(54)35-19-6-5-7-20-35)40-27-16-21-34-18-8-9-22-37(34)40/h3-33,44H,2,54H2,1H3/b17-3-,49-33-. The van der Waals surface area contributed by atoms with E-state index in [1.165, 1.54) is 87.3 Å². The van der Waals surface area contributed by atoms with Crippen molar-refractivity contribution in [3.05, 3.63) is 231 Å². The Morgan fingerprint density at radius 3 is 2.00 bits per heavy atom. The summed E-state index contributed by atoms with van der Waals surface area (Å²) in [6.07, 6.45) is 8.72. The lowest BCUT2D eigenvalue weighted by Crippen LogP contribution is -2.24. The van der Waals surface area contributed by atoms with Crippen molar-refractivity contribution in [3.63, 3.8) is 0 Å². The van der Waals surface area contributed by atoms with E-state index in [2.05, 4.69) is 177 Å². The number of rotatable bonds is 7. The minimum atomic E-state index is -0.406. The molecule has 7 aromatic carbocycles. The van der Waals surface area contributed by atoms with Crippen LogP contribution in [0.5, 0.6) is 0 Å². The summed E-state index contributed by atoms with van der Waals surface area (Å²) in [4.78, 5) is 2.58. The normalized spacial score (nSPS) is 14.2. The van der Waals surface area contributed by atoms with Gasteiger partial charge in [-0.1, -0.05) is 183 Å². The molecule has 1 aromatic heterocycles. The third-order valence-electron chi connectivity index (χ3n) is 11.7. The molecule has 0 fully saturated rings. The van der Waals surface area contributed by atoms with Gasteiger partial charge in [-0.05, 0) is 91.0 Å². The molecule has 0 radical (unpaired) electrons. The van der Waals surface area contributed by atoms with Crippen LogP contribution in [0.3, 0.4) is 0 Å². The summed E-state index contributed by atoms with van der Waals surface area (Å²) in [5.74, 6) is -0.0987. The SMILES string of the molecule is C=Cc1sc2c(c1/C=C\C)-c1cc(-c3ccccc3C(/C=C(\N)c3ccccc3)c3cccc4ccccc34)ccc1C21c2ccccc2-c2ccccc21. The van der Waals surface area contributed by atoms with Crippen molar-refractivity contribution in [2.45, 2.75) is 18.3 Å². The molecule has 0 saturated heterocycles. The van der Waals surface area contributed by atoms with Crippen LogP contribution in [0, 0.1) is 0 Å². The first kappa shape index (κ1) is 33.1. The number of benzene rings is 7. The van der Waals surface area contributed by atoms with Crippen molar-refractivity contribution in [2.75, 3.05) is 0 Å². The van der Waals surface area contributed by atoms with Gasteiger partial charge in [-0.15, -0.1) is 11.3 Å². The van der Waals surface area contributed by atoms with Gasteiger partial charge in [0.15, 0.2) is 0 Å². The zero-order valence-electron chi connectivity index (χ0n) is 30.7.